The van der Waals surface area contributed by atoms with Crippen molar-refractivity contribution in [1.29, 1.82) is 0 Å². The maximum absolute atomic E-state index is 5.86. The van der Waals surface area contributed by atoms with Crippen LogP contribution in [0.25, 0.3) is 0 Å². The first-order valence-corrected chi connectivity index (χ1v) is 7.78. The number of hydrogen-bond donors (Lipinski definition) is 1. The average Bonchev–Trinajstić information content (AvgIpc) is 2.32. The van der Waals surface area contributed by atoms with Gasteiger partial charge in [-0.05, 0) is 43.7 Å². The van der Waals surface area contributed by atoms with Crippen molar-refractivity contribution in [2.75, 3.05) is 5.32 Å². The van der Waals surface area contributed by atoms with Gasteiger partial charge in [-0.15, -0.1) is 0 Å². The molecule has 2 aromatic rings. The van der Waals surface area contributed by atoms with Gasteiger partial charge in [-0.1, -0.05) is 49.5 Å². The maximum atomic E-state index is 5.86. The van der Waals surface area contributed by atoms with E-state index >= 15 is 0 Å². The average molecular weight is 405 g/mol. The van der Waals surface area contributed by atoms with E-state index in [0.717, 1.165) is 20.3 Å². The Bertz CT molecular complexity index is 602. The Kier molecular flexibility index (Phi) is 4.87. The van der Waals surface area contributed by atoms with E-state index in [9.17, 15) is 0 Å². The molecule has 0 aliphatic rings. The van der Waals surface area contributed by atoms with E-state index in [4.69, 9.17) is 11.6 Å². The van der Waals surface area contributed by atoms with Gasteiger partial charge in [-0.2, -0.15) is 0 Å². The molecule has 0 amide bonds. The van der Waals surface area contributed by atoms with Crippen molar-refractivity contribution in [2.45, 2.75) is 19.9 Å². The zero-order chi connectivity index (χ0) is 14.0. The molecule has 19 heavy (non-hydrogen) atoms. The first-order valence-electron chi connectivity index (χ1n) is 5.82. The number of halogens is 3. The second kappa shape index (κ2) is 6.25. The van der Waals surface area contributed by atoms with Gasteiger partial charge < -0.3 is 5.32 Å². The van der Waals surface area contributed by atoms with E-state index < -0.39 is 0 Å². The Morgan fingerprint density at radius 2 is 1.95 bits per heavy atom. The molecule has 5 heteroatoms. The summed E-state index contributed by atoms with van der Waals surface area (Å²) in [6.45, 7) is 4.06. The van der Waals surface area contributed by atoms with Gasteiger partial charge in [-0.3, -0.25) is 0 Å². The van der Waals surface area contributed by atoms with Crippen LogP contribution >= 0.6 is 43.5 Å². The first-order chi connectivity index (χ1) is 8.97. The molecule has 2 rings (SSSR count). The van der Waals surface area contributed by atoms with Crippen LogP contribution in [0.5, 0.6) is 0 Å². The van der Waals surface area contributed by atoms with Crippen LogP contribution < -0.4 is 5.32 Å². The summed E-state index contributed by atoms with van der Waals surface area (Å²) in [5.41, 5.74) is 3.08. The predicted molar refractivity (Wildman–Crippen MR) is 87.9 cm³/mol. The number of anilines is 1. The highest BCUT2D eigenvalue weighted by molar-refractivity contribution is 9.11. The van der Waals surface area contributed by atoms with Gasteiger partial charge in [-0.25, -0.2) is 4.98 Å². The van der Waals surface area contributed by atoms with E-state index in [-0.39, 0.29) is 6.04 Å². The SMILES string of the molecule is Cc1nc(Cl)ccc1NC(C)c1ccc(Br)cc1Br. The Labute approximate surface area is 134 Å². The number of nitrogens with zero attached hydrogens (tertiary/aromatic N) is 1. The Balaban J connectivity index is 2.23. The van der Waals surface area contributed by atoms with Gasteiger partial charge in [0.25, 0.3) is 0 Å². The molecular weight excluding hydrogens is 391 g/mol. The number of nitrogens with one attached hydrogen (secondary N) is 1. The van der Waals surface area contributed by atoms with Gasteiger partial charge in [0.15, 0.2) is 0 Å². The second-order valence-corrected chi connectivity index (χ2v) is 6.46. The Hall–Kier alpha value is -0.580. The third kappa shape index (κ3) is 3.71. The molecule has 1 N–H and O–H groups in total. The number of hydrogen-bond acceptors (Lipinski definition) is 2. The summed E-state index contributed by atoms with van der Waals surface area (Å²) < 4.78 is 2.13. The summed E-state index contributed by atoms with van der Waals surface area (Å²) in [5, 5.41) is 3.96. The van der Waals surface area contributed by atoms with Crippen LogP contribution in [-0.4, -0.2) is 4.98 Å². The molecule has 0 aliphatic heterocycles. The third-order valence-electron chi connectivity index (χ3n) is 2.85. The minimum Gasteiger partial charge on any atom is -0.377 e. The van der Waals surface area contributed by atoms with E-state index in [1.54, 1.807) is 6.07 Å². The van der Waals surface area contributed by atoms with E-state index in [1.165, 1.54) is 5.56 Å². The van der Waals surface area contributed by atoms with Gasteiger partial charge in [0.2, 0.25) is 0 Å². The Morgan fingerprint density at radius 3 is 2.58 bits per heavy atom. The quantitative estimate of drug-likeness (QED) is 0.660. The van der Waals surface area contributed by atoms with Crippen LogP contribution in [0, 0.1) is 6.92 Å². The molecule has 0 aliphatic carbocycles. The molecule has 0 spiro atoms. The molecule has 0 saturated carbocycles. The van der Waals surface area contributed by atoms with Crippen molar-refractivity contribution in [3.8, 4) is 0 Å². The van der Waals surface area contributed by atoms with Crippen LogP contribution in [0.3, 0.4) is 0 Å². The highest BCUT2D eigenvalue weighted by atomic mass is 79.9. The summed E-state index contributed by atoms with van der Waals surface area (Å²) in [5.74, 6) is 0. The molecule has 100 valence electrons. The van der Waals surface area contributed by atoms with Crippen molar-refractivity contribution in [3.05, 3.63) is 55.7 Å². The minimum atomic E-state index is 0.171. The molecule has 0 saturated heterocycles. The van der Waals surface area contributed by atoms with Gasteiger partial charge in [0, 0.05) is 15.0 Å². The topological polar surface area (TPSA) is 24.9 Å². The molecule has 0 fully saturated rings. The lowest BCUT2D eigenvalue weighted by atomic mass is 10.1. The van der Waals surface area contributed by atoms with Crippen molar-refractivity contribution in [2.24, 2.45) is 0 Å². The van der Waals surface area contributed by atoms with Gasteiger partial charge in [0.05, 0.1) is 11.4 Å². The molecule has 2 nitrogen and oxygen atoms in total. The van der Waals surface area contributed by atoms with E-state index in [1.807, 2.05) is 25.1 Å². The van der Waals surface area contributed by atoms with Crippen LogP contribution in [0.2, 0.25) is 5.15 Å². The lowest BCUT2D eigenvalue weighted by Gasteiger charge is -2.18. The summed E-state index contributed by atoms with van der Waals surface area (Å²) in [4.78, 5) is 4.24. The minimum absolute atomic E-state index is 0.171. The Morgan fingerprint density at radius 1 is 1.21 bits per heavy atom. The molecular formula is C14H13Br2ClN2. The van der Waals surface area contributed by atoms with Crippen molar-refractivity contribution >= 4 is 49.1 Å². The van der Waals surface area contributed by atoms with Crippen LogP contribution in [-0.2, 0) is 0 Å². The fourth-order valence-electron chi connectivity index (χ4n) is 1.85. The predicted octanol–water partition coefficient (Wildman–Crippen LogP) is 5.74. The van der Waals surface area contributed by atoms with E-state index in [0.29, 0.717) is 5.15 Å². The van der Waals surface area contributed by atoms with Crippen molar-refractivity contribution in [3.63, 3.8) is 0 Å². The molecule has 1 unspecified atom stereocenters. The molecule has 0 bridgehead atoms. The summed E-state index contributed by atoms with van der Waals surface area (Å²) in [6.07, 6.45) is 0. The van der Waals surface area contributed by atoms with Crippen LogP contribution in [0.1, 0.15) is 24.2 Å². The van der Waals surface area contributed by atoms with Crippen LogP contribution in [0.4, 0.5) is 5.69 Å². The van der Waals surface area contributed by atoms with Crippen LogP contribution in [0.15, 0.2) is 39.3 Å². The smallest absolute Gasteiger partial charge is 0.129 e. The monoisotopic (exact) mass is 402 g/mol. The zero-order valence-electron chi connectivity index (χ0n) is 10.5. The number of pyridine rings is 1. The fourth-order valence-corrected chi connectivity index (χ4v) is 3.43. The maximum Gasteiger partial charge on any atom is 0.129 e. The number of rotatable bonds is 3. The summed E-state index contributed by atoms with van der Waals surface area (Å²) in [6, 6.07) is 10.1. The largest absolute Gasteiger partial charge is 0.377 e. The lowest BCUT2D eigenvalue weighted by molar-refractivity contribution is 0.873. The molecule has 1 atom stereocenters. The second-order valence-electron chi connectivity index (χ2n) is 4.30. The molecule has 1 aromatic heterocycles. The molecule has 0 radical (unpaired) electrons. The molecule has 1 heterocycles. The fraction of sp³-hybridized carbons (Fsp3) is 0.214. The lowest BCUT2D eigenvalue weighted by Crippen LogP contribution is -2.09. The third-order valence-corrected chi connectivity index (χ3v) is 4.24. The first kappa shape index (κ1) is 14.8. The van der Waals surface area contributed by atoms with E-state index in [2.05, 4.69) is 55.2 Å². The number of benzene rings is 1. The van der Waals surface area contributed by atoms with Gasteiger partial charge in [0.1, 0.15) is 5.15 Å². The highest BCUT2D eigenvalue weighted by Crippen LogP contribution is 2.29. The number of aryl methyl sites for hydroxylation is 1. The molecule has 1 aromatic carbocycles. The zero-order valence-corrected chi connectivity index (χ0v) is 14.5. The summed E-state index contributed by atoms with van der Waals surface area (Å²) in [7, 11) is 0. The normalized spacial score (nSPS) is 12.3. The summed E-state index contributed by atoms with van der Waals surface area (Å²) >= 11 is 12.9. The van der Waals surface area contributed by atoms with Crippen molar-refractivity contribution < 1.29 is 0 Å². The highest BCUT2D eigenvalue weighted by Gasteiger charge is 2.11. The number of aromatic nitrogens is 1. The standard InChI is InChI=1S/C14H13Br2ClN2/c1-8(11-4-3-10(15)7-12(11)16)18-13-5-6-14(17)19-9(13)2/h3-8,18H,1-2H3. The van der Waals surface area contributed by atoms with Gasteiger partial charge >= 0.3 is 0 Å². The van der Waals surface area contributed by atoms with Crippen molar-refractivity contribution in [1.82, 2.24) is 4.98 Å².